The van der Waals surface area contributed by atoms with Gasteiger partial charge in [0.05, 0.1) is 4.92 Å². The third kappa shape index (κ3) is 2.63. The molecule has 0 saturated heterocycles. The fourth-order valence-electron chi connectivity index (χ4n) is 2.72. The molecule has 1 aromatic rings. The van der Waals surface area contributed by atoms with E-state index in [0.717, 1.165) is 12.1 Å². The van der Waals surface area contributed by atoms with Crippen LogP contribution >= 0.6 is 0 Å². The summed E-state index contributed by atoms with van der Waals surface area (Å²) >= 11 is 0. The number of carboxylic acids is 2. The van der Waals surface area contributed by atoms with Crippen LogP contribution in [0.3, 0.4) is 0 Å². The van der Waals surface area contributed by atoms with Gasteiger partial charge in [0, 0.05) is 6.07 Å². The Hall–Kier alpha value is -2.51. The minimum Gasteiger partial charge on any atom is -0.480 e. The first-order valence-electron chi connectivity index (χ1n) is 6.64. The summed E-state index contributed by atoms with van der Waals surface area (Å²) in [5, 5.41) is 29.7. The largest absolute Gasteiger partial charge is 0.480 e. The molecule has 0 heterocycles. The highest BCUT2D eigenvalue weighted by Crippen LogP contribution is 2.39. The van der Waals surface area contributed by atoms with Crippen molar-refractivity contribution in [2.24, 2.45) is 5.92 Å². The monoisotopic (exact) mass is 313 g/mol. The summed E-state index contributed by atoms with van der Waals surface area (Å²) in [6.07, 6.45) is 0.488. The molecular weight excluding hydrogens is 297 g/mol. The van der Waals surface area contributed by atoms with Crippen LogP contribution in [0.2, 0.25) is 0 Å². The lowest BCUT2D eigenvalue weighted by Crippen LogP contribution is -2.49. The minimum atomic E-state index is -2.35. The maximum atomic E-state index is 13.8. The van der Waals surface area contributed by atoms with Crippen molar-refractivity contribution in [1.82, 2.24) is 0 Å². The Labute approximate surface area is 125 Å². The third-order valence-electron chi connectivity index (χ3n) is 3.87. The van der Waals surface area contributed by atoms with Crippen LogP contribution in [0.4, 0.5) is 10.1 Å². The molecule has 2 N–H and O–H groups in total. The summed E-state index contributed by atoms with van der Waals surface area (Å²) in [6, 6.07) is 2.40. The van der Waals surface area contributed by atoms with Gasteiger partial charge in [-0.15, -0.1) is 0 Å². The molecule has 0 fully saturated rings. The van der Waals surface area contributed by atoms with Crippen LogP contribution in [0.15, 0.2) is 18.2 Å². The standard InChI is InChI=1S/C14H16FNO6/c1-3-8(4-2)14(12(17)18,13(19)20)9-5-6-11(16(21)22)10(15)7-9/h5-8H,3-4H2,1-2H3,(H,17,18)(H,19,20). The fraction of sp³-hybridized carbons (Fsp3) is 0.429. The highest BCUT2D eigenvalue weighted by atomic mass is 19.1. The summed E-state index contributed by atoms with van der Waals surface area (Å²) in [5.41, 5.74) is -3.50. The maximum Gasteiger partial charge on any atom is 0.325 e. The number of nitrogens with zero attached hydrogens (tertiary/aromatic N) is 1. The Morgan fingerprint density at radius 2 is 1.77 bits per heavy atom. The van der Waals surface area contributed by atoms with E-state index in [1.54, 1.807) is 13.8 Å². The second-order valence-electron chi connectivity index (χ2n) is 4.86. The highest BCUT2D eigenvalue weighted by Gasteiger charge is 2.53. The third-order valence-corrected chi connectivity index (χ3v) is 3.87. The normalized spacial score (nSPS) is 11.5. The van der Waals surface area contributed by atoms with E-state index in [2.05, 4.69) is 0 Å². The SMILES string of the molecule is CCC(CC)C(C(=O)O)(C(=O)O)c1ccc([N+](=O)[O-])c(F)c1. The van der Waals surface area contributed by atoms with Crippen molar-refractivity contribution >= 4 is 17.6 Å². The first kappa shape index (κ1) is 17.5. The average Bonchev–Trinajstić information content (AvgIpc) is 2.43. The molecule has 1 aromatic carbocycles. The van der Waals surface area contributed by atoms with Gasteiger partial charge >= 0.3 is 17.6 Å². The number of aliphatic carboxylic acids is 2. The van der Waals surface area contributed by atoms with Gasteiger partial charge in [-0.25, -0.2) is 0 Å². The lowest BCUT2D eigenvalue weighted by atomic mass is 9.68. The lowest BCUT2D eigenvalue weighted by molar-refractivity contribution is -0.387. The molecular formula is C14H16FNO6. The van der Waals surface area contributed by atoms with Crippen LogP contribution in [0.1, 0.15) is 32.3 Å². The molecule has 0 aliphatic rings. The molecule has 22 heavy (non-hydrogen) atoms. The Morgan fingerprint density at radius 3 is 2.09 bits per heavy atom. The van der Waals surface area contributed by atoms with Gasteiger partial charge in [-0.3, -0.25) is 19.7 Å². The van der Waals surface area contributed by atoms with E-state index in [0.29, 0.717) is 6.07 Å². The van der Waals surface area contributed by atoms with Crippen LogP contribution in [0.5, 0.6) is 0 Å². The van der Waals surface area contributed by atoms with Crippen molar-refractivity contribution < 1.29 is 29.1 Å². The number of carbonyl (C=O) groups is 2. The van der Waals surface area contributed by atoms with Gasteiger partial charge < -0.3 is 10.2 Å². The fourth-order valence-corrected chi connectivity index (χ4v) is 2.72. The molecule has 8 heteroatoms. The first-order chi connectivity index (χ1) is 10.2. The minimum absolute atomic E-state index is 0.244. The van der Waals surface area contributed by atoms with Gasteiger partial charge in [0.15, 0.2) is 5.41 Å². The summed E-state index contributed by atoms with van der Waals surface area (Å²) in [7, 11) is 0. The predicted molar refractivity (Wildman–Crippen MR) is 74.1 cm³/mol. The van der Waals surface area contributed by atoms with E-state index in [9.17, 15) is 34.3 Å². The molecule has 0 saturated carbocycles. The van der Waals surface area contributed by atoms with Crippen LogP contribution in [-0.2, 0) is 15.0 Å². The van der Waals surface area contributed by atoms with E-state index in [1.165, 1.54) is 0 Å². The lowest BCUT2D eigenvalue weighted by Gasteiger charge is -2.32. The highest BCUT2D eigenvalue weighted by molar-refractivity contribution is 6.05. The average molecular weight is 313 g/mol. The second kappa shape index (κ2) is 6.50. The topological polar surface area (TPSA) is 118 Å². The smallest absolute Gasteiger partial charge is 0.325 e. The molecule has 0 aliphatic carbocycles. The van der Waals surface area contributed by atoms with E-state index in [4.69, 9.17) is 0 Å². The number of nitro groups is 1. The van der Waals surface area contributed by atoms with Gasteiger partial charge in [0.2, 0.25) is 5.82 Å². The number of hydrogen-bond acceptors (Lipinski definition) is 4. The molecule has 0 aliphatic heterocycles. The van der Waals surface area contributed by atoms with Crippen molar-refractivity contribution in [3.05, 3.63) is 39.7 Å². The molecule has 0 spiro atoms. The second-order valence-corrected chi connectivity index (χ2v) is 4.86. The maximum absolute atomic E-state index is 13.8. The molecule has 0 unspecified atom stereocenters. The number of carboxylic acid groups (broad SMARTS) is 2. The van der Waals surface area contributed by atoms with Crippen molar-refractivity contribution in [1.29, 1.82) is 0 Å². The van der Waals surface area contributed by atoms with Crippen LogP contribution in [0.25, 0.3) is 0 Å². The summed E-state index contributed by atoms with van der Waals surface area (Å²) in [4.78, 5) is 33.1. The summed E-state index contributed by atoms with van der Waals surface area (Å²) < 4.78 is 13.8. The summed E-state index contributed by atoms with van der Waals surface area (Å²) in [5.74, 6) is -5.30. The molecule has 120 valence electrons. The van der Waals surface area contributed by atoms with E-state index < -0.39 is 39.7 Å². The Morgan fingerprint density at radius 1 is 1.27 bits per heavy atom. The predicted octanol–water partition coefficient (Wildman–Crippen LogP) is 2.58. The van der Waals surface area contributed by atoms with Crippen molar-refractivity contribution in [3.8, 4) is 0 Å². The van der Waals surface area contributed by atoms with Crippen LogP contribution in [-0.4, -0.2) is 27.1 Å². The zero-order valence-electron chi connectivity index (χ0n) is 12.1. The quantitative estimate of drug-likeness (QED) is 0.454. The van der Waals surface area contributed by atoms with Gasteiger partial charge in [-0.1, -0.05) is 32.8 Å². The molecule has 0 aromatic heterocycles. The van der Waals surface area contributed by atoms with Gasteiger partial charge in [0.1, 0.15) is 0 Å². The molecule has 0 amide bonds. The number of hydrogen-bond donors (Lipinski definition) is 2. The number of benzene rings is 1. The van der Waals surface area contributed by atoms with Crippen molar-refractivity contribution in [2.45, 2.75) is 32.1 Å². The van der Waals surface area contributed by atoms with E-state index in [1.807, 2.05) is 0 Å². The molecule has 7 nitrogen and oxygen atoms in total. The summed E-state index contributed by atoms with van der Waals surface area (Å²) in [6.45, 7) is 3.27. The molecule has 1 rings (SSSR count). The number of nitro benzene ring substituents is 1. The first-order valence-corrected chi connectivity index (χ1v) is 6.64. The zero-order chi connectivity index (χ0) is 17.1. The van der Waals surface area contributed by atoms with Gasteiger partial charge in [-0.05, 0) is 17.5 Å². The van der Waals surface area contributed by atoms with Crippen LogP contribution < -0.4 is 0 Å². The Balaban J connectivity index is 3.65. The van der Waals surface area contributed by atoms with Crippen molar-refractivity contribution in [3.63, 3.8) is 0 Å². The molecule has 0 radical (unpaired) electrons. The zero-order valence-corrected chi connectivity index (χ0v) is 12.1. The van der Waals surface area contributed by atoms with Crippen LogP contribution in [0, 0.1) is 21.8 Å². The Bertz CT molecular complexity index is 597. The van der Waals surface area contributed by atoms with Gasteiger partial charge in [-0.2, -0.15) is 4.39 Å². The Kier molecular flexibility index (Phi) is 5.19. The van der Waals surface area contributed by atoms with E-state index in [-0.39, 0.29) is 18.4 Å². The molecule has 0 atom stereocenters. The van der Waals surface area contributed by atoms with E-state index >= 15 is 0 Å². The molecule has 0 bridgehead atoms. The van der Waals surface area contributed by atoms with Crippen molar-refractivity contribution in [2.75, 3.05) is 0 Å². The number of halogens is 1. The number of rotatable bonds is 7. The van der Waals surface area contributed by atoms with Gasteiger partial charge in [0.25, 0.3) is 0 Å².